The van der Waals surface area contributed by atoms with E-state index < -0.39 is 11.5 Å². The summed E-state index contributed by atoms with van der Waals surface area (Å²) in [5.74, 6) is -0.754. The molecule has 0 spiro atoms. The third kappa shape index (κ3) is 4.13. The van der Waals surface area contributed by atoms with Crippen molar-refractivity contribution < 1.29 is 9.08 Å². The molecular formula is C7H14Cl2N2O2. The van der Waals surface area contributed by atoms with Gasteiger partial charge < -0.3 is 15.8 Å². The van der Waals surface area contributed by atoms with Gasteiger partial charge in [0.15, 0.2) is 0 Å². The molecule has 6 heteroatoms. The van der Waals surface area contributed by atoms with Gasteiger partial charge in [-0.05, 0) is 19.8 Å². The van der Waals surface area contributed by atoms with Gasteiger partial charge in [0.25, 0.3) is 0 Å². The van der Waals surface area contributed by atoms with E-state index in [0.29, 0.717) is 12.8 Å². The molecule has 0 rings (SSSR count). The Bertz CT molecular complexity index is 178. The largest absolute Gasteiger partial charge is 0.346 e. The lowest BCUT2D eigenvalue weighted by Crippen LogP contribution is -2.50. The molecule has 0 amide bonds. The molecule has 13 heavy (non-hydrogen) atoms. The number of carbonyl (C=O) groups is 1. The Morgan fingerprint density at radius 1 is 1.69 bits per heavy atom. The van der Waals surface area contributed by atoms with Crippen LogP contribution in [0.15, 0.2) is 0 Å². The van der Waals surface area contributed by atoms with Gasteiger partial charge in [0.05, 0.1) is 5.88 Å². The normalized spacial score (nSPS) is 17.6. The van der Waals surface area contributed by atoms with E-state index in [1.807, 2.05) is 6.92 Å². The van der Waals surface area contributed by atoms with Crippen molar-refractivity contribution in [1.29, 1.82) is 0 Å². The highest BCUT2D eigenvalue weighted by atomic mass is 35.5. The molecule has 0 aromatic carbocycles. The number of nitrogens with two attached hydrogens (primary N) is 2. The maximum Gasteiger partial charge on any atom is 0.345 e. The van der Waals surface area contributed by atoms with Crippen LogP contribution in [0.2, 0.25) is 0 Å². The maximum atomic E-state index is 11.1. The van der Waals surface area contributed by atoms with Gasteiger partial charge in [0, 0.05) is 6.04 Å². The van der Waals surface area contributed by atoms with Crippen molar-refractivity contribution in [3.05, 3.63) is 0 Å². The minimum Gasteiger partial charge on any atom is -0.346 e. The Balaban J connectivity index is 4.19. The van der Waals surface area contributed by atoms with E-state index in [1.54, 1.807) is 0 Å². The smallest absolute Gasteiger partial charge is 0.345 e. The first-order valence-corrected chi connectivity index (χ1v) is 4.74. The minimum absolute atomic E-state index is 0.0331. The lowest BCUT2D eigenvalue weighted by molar-refractivity contribution is -0.139. The van der Waals surface area contributed by atoms with Crippen LogP contribution in [-0.4, -0.2) is 23.4 Å². The van der Waals surface area contributed by atoms with E-state index in [2.05, 4.69) is 4.29 Å². The number of alkyl halides is 1. The Kier molecular flexibility index (Phi) is 5.64. The van der Waals surface area contributed by atoms with Gasteiger partial charge in [-0.3, -0.25) is 0 Å². The van der Waals surface area contributed by atoms with Crippen molar-refractivity contribution in [2.24, 2.45) is 11.5 Å². The van der Waals surface area contributed by atoms with Gasteiger partial charge >= 0.3 is 5.97 Å². The fraction of sp³-hybridized carbons (Fsp3) is 0.857. The summed E-state index contributed by atoms with van der Waals surface area (Å²) < 4.78 is 4.02. The lowest BCUT2D eigenvalue weighted by atomic mass is 9.95. The van der Waals surface area contributed by atoms with Crippen LogP contribution in [0.1, 0.15) is 19.8 Å². The maximum absolute atomic E-state index is 11.1. The summed E-state index contributed by atoms with van der Waals surface area (Å²) in [5.41, 5.74) is 9.94. The van der Waals surface area contributed by atoms with E-state index in [1.165, 1.54) is 0 Å². The third-order valence-corrected chi connectivity index (χ3v) is 2.38. The molecule has 0 fully saturated rings. The molecule has 0 aromatic heterocycles. The molecule has 0 bridgehead atoms. The standard InChI is InChI=1S/C7H14Cl2N2O2/c1-5(10)2-3-7(11,4-8)6(12)13-9/h5H,2-4,10-11H2,1H3. The second-order valence-corrected chi connectivity index (χ2v) is 3.59. The fourth-order valence-corrected chi connectivity index (χ4v) is 1.18. The molecule has 4 N–H and O–H groups in total. The van der Waals surface area contributed by atoms with Crippen molar-refractivity contribution in [1.82, 2.24) is 0 Å². The van der Waals surface area contributed by atoms with E-state index in [-0.39, 0.29) is 11.9 Å². The molecule has 0 aromatic rings. The van der Waals surface area contributed by atoms with Gasteiger partial charge in [-0.1, -0.05) is 0 Å². The molecule has 0 aliphatic carbocycles. The van der Waals surface area contributed by atoms with Crippen LogP contribution >= 0.6 is 23.5 Å². The molecule has 0 saturated heterocycles. The Morgan fingerprint density at radius 2 is 2.23 bits per heavy atom. The van der Waals surface area contributed by atoms with Gasteiger partial charge in [-0.15, -0.1) is 11.6 Å². The summed E-state index contributed by atoms with van der Waals surface area (Å²) in [6.45, 7) is 1.82. The first kappa shape index (κ1) is 13.0. The average molecular weight is 229 g/mol. The third-order valence-electron chi connectivity index (χ3n) is 1.76. The number of hydrogen-bond donors (Lipinski definition) is 2. The summed E-state index contributed by atoms with van der Waals surface area (Å²) in [6, 6.07) is -0.0331. The Morgan fingerprint density at radius 3 is 2.54 bits per heavy atom. The molecule has 0 heterocycles. The van der Waals surface area contributed by atoms with Gasteiger partial charge in [-0.2, -0.15) is 0 Å². The molecule has 0 aliphatic rings. The monoisotopic (exact) mass is 228 g/mol. The van der Waals surface area contributed by atoms with Gasteiger partial charge in [0.2, 0.25) is 0 Å². The minimum atomic E-state index is -1.23. The molecular weight excluding hydrogens is 215 g/mol. The van der Waals surface area contributed by atoms with Gasteiger partial charge in [0.1, 0.15) is 17.4 Å². The summed E-state index contributed by atoms with van der Waals surface area (Å²) >= 11 is 10.5. The first-order chi connectivity index (χ1) is 5.96. The van der Waals surface area contributed by atoms with Crippen LogP contribution < -0.4 is 11.5 Å². The van der Waals surface area contributed by atoms with E-state index >= 15 is 0 Å². The Hall–Kier alpha value is -0.0300. The molecule has 0 radical (unpaired) electrons. The zero-order valence-electron chi connectivity index (χ0n) is 7.43. The molecule has 4 nitrogen and oxygen atoms in total. The quantitative estimate of drug-likeness (QED) is 0.681. The highest BCUT2D eigenvalue weighted by molar-refractivity contribution is 6.21. The highest BCUT2D eigenvalue weighted by Gasteiger charge is 2.34. The van der Waals surface area contributed by atoms with Crippen molar-refractivity contribution in [3.63, 3.8) is 0 Å². The summed E-state index contributed by atoms with van der Waals surface area (Å²) in [4.78, 5) is 11.1. The zero-order chi connectivity index (χ0) is 10.5. The molecule has 2 atom stereocenters. The molecule has 0 aliphatic heterocycles. The van der Waals surface area contributed by atoms with Crippen LogP contribution in [0.5, 0.6) is 0 Å². The molecule has 0 saturated carbocycles. The fourth-order valence-electron chi connectivity index (χ4n) is 0.785. The number of carbonyl (C=O) groups excluding carboxylic acids is 1. The average Bonchev–Trinajstić information content (AvgIpc) is 2.12. The van der Waals surface area contributed by atoms with Crippen molar-refractivity contribution in [2.45, 2.75) is 31.3 Å². The predicted octanol–water partition coefficient (Wildman–Crippen LogP) is 0.747. The lowest BCUT2D eigenvalue weighted by Gasteiger charge is -2.23. The van der Waals surface area contributed by atoms with Crippen LogP contribution in [-0.2, 0) is 9.08 Å². The number of rotatable bonds is 5. The van der Waals surface area contributed by atoms with E-state index in [0.717, 1.165) is 0 Å². The van der Waals surface area contributed by atoms with Crippen LogP contribution in [0, 0.1) is 0 Å². The van der Waals surface area contributed by atoms with Crippen molar-refractivity contribution >= 4 is 29.4 Å². The number of hydrogen-bond acceptors (Lipinski definition) is 4. The second-order valence-electron chi connectivity index (χ2n) is 3.17. The van der Waals surface area contributed by atoms with Crippen molar-refractivity contribution in [2.75, 3.05) is 5.88 Å². The Labute approximate surface area is 87.7 Å². The summed E-state index contributed by atoms with van der Waals surface area (Å²) in [5, 5.41) is 0. The first-order valence-electron chi connectivity index (χ1n) is 3.89. The SMILES string of the molecule is CC(N)CCC(N)(CCl)C(=O)OCl. The van der Waals surface area contributed by atoms with Gasteiger partial charge in [-0.25, -0.2) is 4.79 Å². The second kappa shape index (κ2) is 5.65. The molecule has 2 unspecified atom stereocenters. The zero-order valence-corrected chi connectivity index (χ0v) is 8.94. The van der Waals surface area contributed by atoms with E-state index in [9.17, 15) is 4.79 Å². The molecule has 78 valence electrons. The summed E-state index contributed by atoms with van der Waals surface area (Å²) in [6.07, 6.45) is 0.953. The predicted molar refractivity (Wildman–Crippen MR) is 52.5 cm³/mol. The van der Waals surface area contributed by atoms with Crippen LogP contribution in [0.3, 0.4) is 0 Å². The number of halogens is 2. The van der Waals surface area contributed by atoms with E-state index in [4.69, 9.17) is 34.9 Å². The van der Waals surface area contributed by atoms with Crippen LogP contribution in [0.4, 0.5) is 0 Å². The van der Waals surface area contributed by atoms with Crippen LogP contribution in [0.25, 0.3) is 0 Å². The topological polar surface area (TPSA) is 78.3 Å². The van der Waals surface area contributed by atoms with Crippen molar-refractivity contribution in [3.8, 4) is 0 Å². The highest BCUT2D eigenvalue weighted by Crippen LogP contribution is 2.15. The summed E-state index contributed by atoms with van der Waals surface area (Å²) in [7, 11) is 0.